The summed E-state index contributed by atoms with van der Waals surface area (Å²) in [5, 5.41) is 3.72. The molecule has 6 heteroatoms. The molecular weight excluding hydrogens is 318 g/mol. The van der Waals surface area contributed by atoms with E-state index >= 15 is 0 Å². The zero-order valence-corrected chi connectivity index (χ0v) is 14.6. The molecular formula is C19H23N3O3. The molecule has 0 spiro atoms. The van der Waals surface area contributed by atoms with Crippen molar-refractivity contribution >= 4 is 23.8 Å². The molecule has 0 saturated carbocycles. The van der Waals surface area contributed by atoms with E-state index in [2.05, 4.69) is 46.3 Å². The number of hydrogen-bond acceptors (Lipinski definition) is 6. The van der Waals surface area contributed by atoms with Crippen LogP contribution in [0.25, 0.3) is 12.2 Å². The van der Waals surface area contributed by atoms with E-state index in [1.807, 2.05) is 6.08 Å². The molecule has 1 aromatic carbocycles. The Balaban J connectivity index is 1.61. The van der Waals surface area contributed by atoms with Crippen LogP contribution in [-0.4, -0.2) is 55.9 Å². The van der Waals surface area contributed by atoms with Crippen molar-refractivity contribution in [2.75, 3.05) is 44.7 Å². The number of ether oxygens (including phenoxy) is 1. The molecule has 0 unspecified atom stereocenters. The van der Waals surface area contributed by atoms with Crippen molar-refractivity contribution in [3.05, 3.63) is 47.3 Å². The van der Waals surface area contributed by atoms with Crippen LogP contribution in [0.1, 0.15) is 28.7 Å². The number of esters is 1. The summed E-state index contributed by atoms with van der Waals surface area (Å²) >= 11 is 0. The van der Waals surface area contributed by atoms with Crippen LogP contribution < -0.4 is 4.90 Å². The van der Waals surface area contributed by atoms with Crippen molar-refractivity contribution in [1.82, 2.24) is 10.1 Å². The van der Waals surface area contributed by atoms with E-state index in [-0.39, 0.29) is 5.69 Å². The average Bonchev–Trinajstić information content (AvgIpc) is 3.11. The highest BCUT2D eigenvalue weighted by atomic mass is 16.5. The maximum Gasteiger partial charge on any atom is 0.360 e. The minimum atomic E-state index is -0.470. The lowest BCUT2D eigenvalue weighted by molar-refractivity contribution is 0.0514. The highest BCUT2D eigenvalue weighted by Crippen LogP contribution is 2.18. The Labute approximate surface area is 147 Å². The van der Waals surface area contributed by atoms with Crippen molar-refractivity contribution < 1.29 is 14.1 Å². The van der Waals surface area contributed by atoms with E-state index in [0.717, 1.165) is 31.7 Å². The monoisotopic (exact) mass is 341 g/mol. The minimum absolute atomic E-state index is 0.187. The summed E-state index contributed by atoms with van der Waals surface area (Å²) in [4.78, 5) is 16.3. The lowest BCUT2D eigenvalue weighted by atomic mass is 10.1. The van der Waals surface area contributed by atoms with Gasteiger partial charge in [0.05, 0.1) is 6.61 Å². The van der Waals surface area contributed by atoms with Crippen molar-refractivity contribution in [1.29, 1.82) is 0 Å². The van der Waals surface area contributed by atoms with Gasteiger partial charge in [-0.1, -0.05) is 23.4 Å². The predicted octanol–water partition coefficient (Wildman–Crippen LogP) is 2.77. The third-order valence-corrected chi connectivity index (χ3v) is 4.21. The first-order valence-electron chi connectivity index (χ1n) is 8.51. The van der Waals surface area contributed by atoms with Crippen LogP contribution in [0, 0.1) is 0 Å². The number of hydrogen-bond donors (Lipinski definition) is 0. The van der Waals surface area contributed by atoms with Crippen molar-refractivity contribution in [2.24, 2.45) is 0 Å². The van der Waals surface area contributed by atoms with Gasteiger partial charge in [-0.3, -0.25) is 0 Å². The molecule has 132 valence electrons. The van der Waals surface area contributed by atoms with Crippen LogP contribution in [0.2, 0.25) is 0 Å². The van der Waals surface area contributed by atoms with Gasteiger partial charge >= 0.3 is 5.97 Å². The first-order valence-corrected chi connectivity index (χ1v) is 8.51. The minimum Gasteiger partial charge on any atom is -0.461 e. The van der Waals surface area contributed by atoms with E-state index < -0.39 is 5.97 Å². The summed E-state index contributed by atoms with van der Waals surface area (Å²) in [5.74, 6) is 0.0497. The topological polar surface area (TPSA) is 58.8 Å². The second-order valence-corrected chi connectivity index (χ2v) is 6.05. The van der Waals surface area contributed by atoms with Gasteiger partial charge in [0.15, 0.2) is 11.5 Å². The number of carbonyl (C=O) groups is 1. The number of rotatable bonds is 5. The summed E-state index contributed by atoms with van der Waals surface area (Å²) < 4.78 is 10.0. The molecule has 6 nitrogen and oxygen atoms in total. The summed E-state index contributed by atoms with van der Waals surface area (Å²) in [6.45, 7) is 6.37. The molecule has 2 heterocycles. The number of likely N-dealkylation sites (N-methyl/N-ethyl adjacent to an activating group) is 1. The van der Waals surface area contributed by atoms with Gasteiger partial charge in [0.25, 0.3) is 0 Å². The summed E-state index contributed by atoms with van der Waals surface area (Å²) in [6.07, 6.45) is 3.73. The lowest BCUT2D eigenvalue weighted by Gasteiger charge is -2.34. The van der Waals surface area contributed by atoms with Crippen molar-refractivity contribution in [3.8, 4) is 0 Å². The quantitative estimate of drug-likeness (QED) is 0.780. The van der Waals surface area contributed by atoms with Crippen molar-refractivity contribution in [3.63, 3.8) is 0 Å². The van der Waals surface area contributed by atoms with E-state index in [4.69, 9.17) is 9.26 Å². The fourth-order valence-electron chi connectivity index (χ4n) is 2.71. The largest absolute Gasteiger partial charge is 0.461 e. The Hall–Kier alpha value is -2.60. The molecule has 1 aliphatic heterocycles. The Bertz CT molecular complexity index is 729. The standard InChI is InChI=1S/C19H23N3O3/c1-3-24-19(23)18-14-17(25-20-18)9-6-15-4-7-16(8-5-15)22-12-10-21(2)11-13-22/h4-9,14H,3,10-13H2,1-2H3/b9-6+. The second-order valence-electron chi connectivity index (χ2n) is 6.05. The third kappa shape index (κ3) is 4.48. The molecule has 0 radical (unpaired) electrons. The lowest BCUT2D eigenvalue weighted by Crippen LogP contribution is -2.44. The molecule has 0 N–H and O–H groups in total. The van der Waals surface area contributed by atoms with Crippen LogP contribution in [0.3, 0.4) is 0 Å². The predicted molar refractivity (Wildman–Crippen MR) is 97.5 cm³/mol. The zero-order valence-electron chi connectivity index (χ0n) is 14.6. The Morgan fingerprint density at radius 2 is 1.92 bits per heavy atom. The van der Waals surface area contributed by atoms with E-state index in [0.29, 0.717) is 12.4 Å². The zero-order chi connectivity index (χ0) is 17.6. The fourth-order valence-corrected chi connectivity index (χ4v) is 2.71. The van der Waals surface area contributed by atoms with Crippen LogP contribution >= 0.6 is 0 Å². The highest BCUT2D eigenvalue weighted by Gasteiger charge is 2.14. The smallest absolute Gasteiger partial charge is 0.360 e. The maximum atomic E-state index is 11.6. The highest BCUT2D eigenvalue weighted by molar-refractivity contribution is 5.87. The van der Waals surface area contributed by atoms with Gasteiger partial charge in [-0.05, 0) is 37.7 Å². The fraction of sp³-hybridized carbons (Fsp3) is 0.368. The number of nitrogens with zero attached hydrogens (tertiary/aromatic N) is 3. The normalized spacial score (nSPS) is 15.7. The Kier molecular flexibility index (Phi) is 5.50. The molecule has 0 bridgehead atoms. The van der Waals surface area contributed by atoms with Crippen molar-refractivity contribution in [2.45, 2.75) is 6.92 Å². The van der Waals surface area contributed by atoms with E-state index in [9.17, 15) is 4.79 Å². The molecule has 1 fully saturated rings. The molecule has 25 heavy (non-hydrogen) atoms. The molecule has 1 saturated heterocycles. The van der Waals surface area contributed by atoms with Gasteiger partial charge in [-0.15, -0.1) is 0 Å². The first kappa shape index (κ1) is 17.2. The summed E-state index contributed by atoms with van der Waals surface area (Å²) in [6, 6.07) is 10.00. The van der Waals surface area contributed by atoms with Gasteiger partial charge in [-0.25, -0.2) is 4.79 Å². The second kappa shape index (κ2) is 7.98. The van der Waals surface area contributed by atoms with Gasteiger partial charge in [-0.2, -0.15) is 0 Å². The summed E-state index contributed by atoms with van der Waals surface area (Å²) in [5.41, 5.74) is 2.49. The SMILES string of the molecule is CCOC(=O)c1cc(/C=C/c2ccc(N3CCN(C)CC3)cc2)on1. The Morgan fingerprint density at radius 1 is 1.20 bits per heavy atom. The first-order chi connectivity index (χ1) is 12.2. The number of piperazine rings is 1. The Morgan fingerprint density at radius 3 is 2.60 bits per heavy atom. The number of anilines is 1. The molecule has 0 atom stereocenters. The number of aromatic nitrogens is 1. The van der Waals surface area contributed by atoms with Gasteiger partial charge in [0.1, 0.15) is 0 Å². The van der Waals surface area contributed by atoms with Gasteiger partial charge in [0, 0.05) is 37.9 Å². The average molecular weight is 341 g/mol. The number of benzene rings is 1. The number of carbonyl (C=O) groups excluding carboxylic acids is 1. The van der Waals surface area contributed by atoms with Crippen LogP contribution in [-0.2, 0) is 4.74 Å². The van der Waals surface area contributed by atoms with Gasteiger partial charge in [0.2, 0.25) is 0 Å². The molecule has 3 rings (SSSR count). The molecule has 0 amide bonds. The third-order valence-electron chi connectivity index (χ3n) is 4.21. The molecule has 2 aromatic rings. The van der Waals surface area contributed by atoms with Gasteiger partial charge < -0.3 is 19.1 Å². The maximum absolute atomic E-state index is 11.6. The molecule has 1 aromatic heterocycles. The van der Waals surface area contributed by atoms with Crippen LogP contribution in [0.5, 0.6) is 0 Å². The van der Waals surface area contributed by atoms with Crippen LogP contribution in [0.4, 0.5) is 5.69 Å². The molecule has 0 aliphatic carbocycles. The summed E-state index contributed by atoms with van der Waals surface area (Å²) in [7, 11) is 2.15. The molecule has 1 aliphatic rings. The van der Waals surface area contributed by atoms with E-state index in [1.165, 1.54) is 5.69 Å². The van der Waals surface area contributed by atoms with E-state index in [1.54, 1.807) is 19.1 Å². The van der Waals surface area contributed by atoms with Crippen LogP contribution in [0.15, 0.2) is 34.9 Å².